The Kier molecular flexibility index (Phi) is 10.7. The van der Waals surface area contributed by atoms with Crippen molar-refractivity contribution in [2.75, 3.05) is 25.0 Å². The Balaban J connectivity index is 1.67. The summed E-state index contributed by atoms with van der Waals surface area (Å²) in [6.45, 7) is -0.0243. The van der Waals surface area contributed by atoms with Gasteiger partial charge in [-0.25, -0.2) is 23.7 Å². The van der Waals surface area contributed by atoms with Gasteiger partial charge in [-0.3, -0.25) is 14.5 Å². The molecule has 3 rings (SSSR count). The highest BCUT2D eigenvalue weighted by Gasteiger charge is 2.47. The number of fused-ring (bicyclic) bond motifs is 1. The van der Waals surface area contributed by atoms with E-state index in [-0.39, 0.29) is 28.1 Å². The van der Waals surface area contributed by atoms with Crippen molar-refractivity contribution in [2.45, 2.75) is 42.4 Å². The number of nitrogens with one attached hydrogen (secondary N) is 3. The standard InChI is InChI=1S/C15H27N8O13P3S/c16-14(17)18-3-1-2-4-19-15-21-11-8(12(40)22-15)20-6-23(11)13-10(25)9(24)7(34-13)5-33-38(29,30)36-39(31,32)35-37(26,27)28/h6-7,9-10,13,24-25H,1-5H2,(H,29,30)(H,31,32)(H4,16,17,18)(H2,26,27,28)(H2,19,21,22,40)/t7-,9?,10+,13-/m1/s1. The molecule has 3 unspecified atom stereocenters. The van der Waals surface area contributed by atoms with Crippen LogP contribution in [0.15, 0.2) is 11.4 Å². The number of guanidine groups is 1. The van der Waals surface area contributed by atoms with E-state index >= 15 is 0 Å². The largest absolute Gasteiger partial charge is 0.490 e. The number of nitrogens with two attached hydrogens (primary N) is 1. The second-order valence-electron chi connectivity index (χ2n) is 8.10. The van der Waals surface area contributed by atoms with Gasteiger partial charge in [0.2, 0.25) is 5.95 Å². The van der Waals surface area contributed by atoms with E-state index in [9.17, 15) is 33.7 Å². The molecule has 0 spiro atoms. The maximum atomic E-state index is 12.0. The first-order chi connectivity index (χ1) is 18.5. The van der Waals surface area contributed by atoms with Crippen LogP contribution < -0.4 is 16.4 Å². The zero-order valence-corrected chi connectivity index (χ0v) is 23.7. The van der Waals surface area contributed by atoms with E-state index in [2.05, 4.69) is 51.4 Å². The van der Waals surface area contributed by atoms with Crippen LogP contribution in [-0.2, 0) is 31.6 Å². The monoisotopic (exact) mass is 652 g/mol. The molecule has 0 radical (unpaired) electrons. The van der Waals surface area contributed by atoms with Crippen LogP contribution in [0.25, 0.3) is 11.2 Å². The third-order valence-corrected chi connectivity index (χ3v) is 9.15. The molecule has 40 heavy (non-hydrogen) atoms. The lowest BCUT2D eigenvalue weighted by molar-refractivity contribution is -0.0503. The Hall–Kier alpha value is -1.74. The summed E-state index contributed by atoms with van der Waals surface area (Å²) in [5.74, 6) is 0.0310. The summed E-state index contributed by atoms with van der Waals surface area (Å²) < 4.78 is 52.7. The predicted octanol–water partition coefficient (Wildman–Crippen LogP) is -1.25. The topological polar surface area (TPSA) is 327 Å². The molecular weight excluding hydrogens is 625 g/mol. The summed E-state index contributed by atoms with van der Waals surface area (Å²) >= 11 is 4.30. The Bertz CT molecular complexity index is 1360. The molecule has 6 atom stereocenters. The minimum Gasteiger partial charge on any atom is -0.387 e. The second kappa shape index (κ2) is 13.1. The number of rotatable bonds is 14. The quantitative estimate of drug-likeness (QED) is 0.0283. The maximum absolute atomic E-state index is 12.0. The van der Waals surface area contributed by atoms with Crippen LogP contribution in [0.1, 0.15) is 19.1 Å². The van der Waals surface area contributed by atoms with Crippen LogP contribution in [0.3, 0.4) is 0 Å². The van der Waals surface area contributed by atoms with E-state index in [1.54, 1.807) is 0 Å². The third kappa shape index (κ3) is 9.13. The molecule has 0 amide bonds. The third-order valence-electron chi connectivity index (χ3n) is 5.03. The summed E-state index contributed by atoms with van der Waals surface area (Å²) in [6, 6.07) is 0. The van der Waals surface area contributed by atoms with Crippen molar-refractivity contribution in [3.05, 3.63) is 6.33 Å². The Morgan fingerprint density at radius 3 is 2.42 bits per heavy atom. The summed E-state index contributed by atoms with van der Waals surface area (Å²) in [5, 5.41) is 33.9. The fraction of sp³-hybridized carbons (Fsp3) is 0.600. The van der Waals surface area contributed by atoms with Crippen molar-refractivity contribution in [1.82, 2.24) is 24.8 Å². The number of nitrogens with zero attached hydrogens (tertiary/aromatic N) is 4. The number of phosphoric ester groups is 1. The van der Waals surface area contributed by atoms with Gasteiger partial charge in [0.25, 0.3) is 0 Å². The van der Waals surface area contributed by atoms with Gasteiger partial charge in [-0.15, -0.1) is 12.6 Å². The number of unbranched alkanes of at least 4 members (excludes halogenated alkanes) is 1. The van der Waals surface area contributed by atoms with Crippen LogP contribution in [0, 0.1) is 5.41 Å². The molecule has 1 aliphatic rings. The first-order valence-electron chi connectivity index (χ1n) is 11.0. The van der Waals surface area contributed by atoms with Gasteiger partial charge < -0.3 is 50.9 Å². The number of hydrogen-bond donors (Lipinski definition) is 11. The fourth-order valence-corrected chi connectivity index (χ4v) is 6.69. The van der Waals surface area contributed by atoms with E-state index < -0.39 is 54.6 Å². The average molecular weight is 652 g/mol. The van der Waals surface area contributed by atoms with Crippen LogP contribution in [-0.4, -0.2) is 93.3 Å². The fourth-order valence-electron chi connectivity index (χ4n) is 3.41. The Morgan fingerprint density at radius 2 is 1.77 bits per heavy atom. The van der Waals surface area contributed by atoms with Gasteiger partial charge in [-0.2, -0.15) is 13.6 Å². The second-order valence-corrected chi connectivity index (χ2v) is 12.9. The van der Waals surface area contributed by atoms with Crippen molar-refractivity contribution >= 4 is 59.2 Å². The Morgan fingerprint density at radius 1 is 1.10 bits per heavy atom. The molecule has 0 aromatic carbocycles. The first-order valence-corrected chi connectivity index (χ1v) is 16.0. The van der Waals surface area contributed by atoms with Crippen molar-refractivity contribution in [1.29, 1.82) is 5.41 Å². The van der Waals surface area contributed by atoms with Gasteiger partial charge in [0, 0.05) is 13.1 Å². The van der Waals surface area contributed by atoms with Crippen molar-refractivity contribution in [3.63, 3.8) is 0 Å². The highest BCUT2D eigenvalue weighted by Crippen LogP contribution is 2.66. The number of aliphatic hydroxyl groups excluding tert-OH is 2. The van der Waals surface area contributed by atoms with E-state index in [1.165, 1.54) is 10.9 Å². The van der Waals surface area contributed by atoms with Gasteiger partial charge in [0.05, 0.1) is 12.9 Å². The van der Waals surface area contributed by atoms with Crippen LogP contribution >= 0.6 is 36.1 Å². The summed E-state index contributed by atoms with van der Waals surface area (Å²) in [6.07, 6.45) is -3.60. The van der Waals surface area contributed by atoms with Crippen LogP contribution in [0.2, 0.25) is 0 Å². The number of phosphoric acid groups is 3. The predicted molar refractivity (Wildman–Crippen MR) is 136 cm³/mol. The number of ether oxygens (including phenoxy) is 1. The summed E-state index contributed by atoms with van der Waals surface area (Å²) in [4.78, 5) is 48.7. The number of aromatic nitrogens is 4. The molecule has 2 aromatic heterocycles. The van der Waals surface area contributed by atoms with Gasteiger partial charge in [0.15, 0.2) is 17.8 Å². The van der Waals surface area contributed by atoms with E-state index in [0.717, 1.165) is 0 Å². The van der Waals surface area contributed by atoms with Crippen LogP contribution in [0.4, 0.5) is 5.95 Å². The minimum absolute atomic E-state index is 0.132. The number of thiol groups is 1. The van der Waals surface area contributed by atoms with Crippen LogP contribution in [0.5, 0.6) is 0 Å². The number of anilines is 1. The van der Waals surface area contributed by atoms with Crippen molar-refractivity contribution < 1.29 is 61.4 Å². The SMILES string of the molecule is N=C(N)NCCCCNc1nc(S)c2ncn([C@@H]3O[C@H](COP(=O)(O)OP(=O)(O)OP(=O)(O)O)C(O)[C@@H]3O)c2n1. The molecule has 21 nitrogen and oxygen atoms in total. The molecule has 226 valence electrons. The molecule has 3 heterocycles. The lowest BCUT2D eigenvalue weighted by Gasteiger charge is -2.19. The minimum atomic E-state index is -5.74. The number of aliphatic hydroxyl groups is 2. The highest BCUT2D eigenvalue weighted by atomic mass is 32.1. The molecular formula is C15H27N8O13P3S. The molecule has 0 aliphatic carbocycles. The van der Waals surface area contributed by atoms with Gasteiger partial charge in [-0.1, -0.05) is 0 Å². The average Bonchev–Trinajstić information content (AvgIpc) is 3.33. The lowest BCUT2D eigenvalue weighted by atomic mass is 10.1. The van der Waals surface area contributed by atoms with E-state index in [0.29, 0.717) is 25.9 Å². The molecule has 1 fully saturated rings. The molecule has 2 aromatic rings. The smallest absolute Gasteiger partial charge is 0.387 e. The molecule has 1 saturated heterocycles. The summed E-state index contributed by atoms with van der Waals surface area (Å²) in [7, 11) is -16.8. The van der Waals surface area contributed by atoms with Gasteiger partial charge in [0.1, 0.15) is 28.9 Å². The van der Waals surface area contributed by atoms with Crippen molar-refractivity contribution in [3.8, 4) is 0 Å². The first kappa shape index (κ1) is 32.8. The molecule has 1 aliphatic heterocycles. The zero-order valence-electron chi connectivity index (χ0n) is 20.1. The Labute approximate surface area is 230 Å². The number of hydrogen-bond acceptors (Lipinski definition) is 15. The molecule has 11 N–H and O–H groups in total. The van der Waals surface area contributed by atoms with Crippen molar-refractivity contribution in [2.24, 2.45) is 5.73 Å². The molecule has 0 saturated carbocycles. The maximum Gasteiger partial charge on any atom is 0.490 e. The normalized spacial score (nSPS) is 24.5. The van der Waals surface area contributed by atoms with Gasteiger partial charge in [-0.05, 0) is 12.8 Å². The molecule has 25 heteroatoms. The highest BCUT2D eigenvalue weighted by molar-refractivity contribution is 7.80. The van der Waals surface area contributed by atoms with E-state index in [4.69, 9.17) is 25.7 Å². The number of imidazole rings is 1. The van der Waals surface area contributed by atoms with Gasteiger partial charge >= 0.3 is 23.5 Å². The summed E-state index contributed by atoms with van der Waals surface area (Å²) in [5.41, 5.74) is 5.59. The zero-order chi connectivity index (χ0) is 29.9. The molecule has 0 bridgehead atoms. The lowest BCUT2D eigenvalue weighted by Crippen LogP contribution is -2.33. The van der Waals surface area contributed by atoms with E-state index in [1.807, 2.05) is 0 Å².